The van der Waals surface area contributed by atoms with E-state index in [1.165, 1.54) is 0 Å². The summed E-state index contributed by atoms with van der Waals surface area (Å²) in [4.78, 5) is 28.4. The van der Waals surface area contributed by atoms with Crippen molar-refractivity contribution in [3.8, 4) is 28.7 Å². The molecule has 9 nitrogen and oxygen atoms in total. The van der Waals surface area contributed by atoms with E-state index < -0.39 is 11.6 Å². The lowest BCUT2D eigenvalue weighted by Crippen LogP contribution is -2.61. The Morgan fingerprint density at radius 3 is 2.58 bits per heavy atom. The summed E-state index contributed by atoms with van der Waals surface area (Å²) in [6.45, 7) is 1.42. The van der Waals surface area contributed by atoms with E-state index in [4.69, 9.17) is 24.7 Å². The monoisotopic (exact) mass is 585 g/mol. The van der Waals surface area contributed by atoms with Gasteiger partial charge >= 0.3 is 0 Å². The molecule has 0 radical (unpaired) electrons. The third kappa shape index (κ3) is 5.86. The van der Waals surface area contributed by atoms with Crippen molar-refractivity contribution in [3.05, 3.63) is 76.9 Å². The van der Waals surface area contributed by atoms with Gasteiger partial charge in [-0.2, -0.15) is 0 Å². The van der Waals surface area contributed by atoms with Crippen LogP contribution in [0.1, 0.15) is 60.4 Å². The van der Waals surface area contributed by atoms with Gasteiger partial charge in [-0.25, -0.2) is 0 Å². The molecule has 0 spiro atoms. The molecule has 1 saturated carbocycles. The molecule has 3 aromatic carbocycles. The number of nitrogens with one attached hydrogen (secondary N) is 1. The summed E-state index contributed by atoms with van der Waals surface area (Å²) in [5.41, 5.74) is 9.70. The Kier molecular flexibility index (Phi) is 8.17. The molecule has 1 atom stereocenters. The molecule has 4 aliphatic rings. The van der Waals surface area contributed by atoms with Crippen LogP contribution in [0, 0.1) is 0 Å². The van der Waals surface area contributed by atoms with E-state index >= 15 is 0 Å². The van der Waals surface area contributed by atoms with Gasteiger partial charge in [0.2, 0.25) is 11.8 Å². The minimum absolute atomic E-state index is 0.0129. The Bertz CT molecular complexity index is 1520. The highest BCUT2D eigenvalue weighted by molar-refractivity contribution is 5.88. The van der Waals surface area contributed by atoms with Gasteiger partial charge < -0.3 is 34.9 Å². The van der Waals surface area contributed by atoms with Gasteiger partial charge in [0.05, 0.1) is 32.4 Å². The SMILES string of the molecule is COc1ccc2cc1OCCCNC(=O)CCc1cccc(c1)Oc1cc3c(cc1OC)C2N(C(=O)C1(N)CCC1)CC3. The van der Waals surface area contributed by atoms with E-state index in [-0.39, 0.29) is 11.8 Å². The third-order valence-electron chi connectivity index (χ3n) is 8.76. The smallest absolute Gasteiger partial charge is 0.243 e. The number of methoxy groups -OCH3 is 2. The minimum atomic E-state index is -0.838. The number of nitrogens with zero attached hydrogens (tertiary/aromatic N) is 1. The van der Waals surface area contributed by atoms with Crippen LogP contribution in [0.25, 0.3) is 0 Å². The molecule has 226 valence electrons. The normalized spacial score (nSPS) is 19.7. The molecule has 7 rings (SSSR count). The number of fused-ring (bicyclic) bond motifs is 8. The van der Waals surface area contributed by atoms with Gasteiger partial charge in [-0.3, -0.25) is 9.59 Å². The highest BCUT2D eigenvalue weighted by atomic mass is 16.5. The van der Waals surface area contributed by atoms with Gasteiger partial charge in [0.25, 0.3) is 0 Å². The first-order valence-corrected chi connectivity index (χ1v) is 15.0. The highest BCUT2D eigenvalue weighted by Gasteiger charge is 2.46. The Morgan fingerprint density at radius 1 is 0.977 bits per heavy atom. The number of benzene rings is 3. The Balaban J connectivity index is 1.46. The van der Waals surface area contributed by atoms with Crippen LogP contribution in [0.5, 0.6) is 28.7 Å². The lowest BCUT2D eigenvalue weighted by Gasteiger charge is -2.45. The topological polar surface area (TPSA) is 112 Å². The molecule has 1 fully saturated rings. The molecular formula is C34H39N3O6. The van der Waals surface area contributed by atoms with Gasteiger partial charge in [-0.15, -0.1) is 0 Å². The summed E-state index contributed by atoms with van der Waals surface area (Å²) < 4.78 is 24.0. The van der Waals surface area contributed by atoms with Crippen LogP contribution in [0.3, 0.4) is 0 Å². The molecule has 0 saturated heterocycles. The zero-order valence-electron chi connectivity index (χ0n) is 24.8. The second-order valence-corrected chi connectivity index (χ2v) is 11.6. The fraction of sp³-hybridized carbons (Fsp3) is 0.412. The third-order valence-corrected chi connectivity index (χ3v) is 8.76. The second-order valence-electron chi connectivity index (χ2n) is 11.6. The Labute approximate surface area is 252 Å². The molecule has 3 heterocycles. The molecule has 9 heteroatoms. The standard InChI is InChI=1S/C34H39N3O6/c1-40-27-10-9-24-20-29(27)42-17-5-15-36-31(38)11-8-22-6-3-7-25(18-22)43-30-19-23-12-16-37(33(39)34(35)13-4-14-34)32(24)26(23)21-28(30)41-2/h3,6-7,9-10,18-21,32H,4-5,8,11-17,35H2,1-2H3,(H,36,38). The maximum Gasteiger partial charge on any atom is 0.243 e. The second kappa shape index (κ2) is 12.2. The summed E-state index contributed by atoms with van der Waals surface area (Å²) in [7, 11) is 3.22. The van der Waals surface area contributed by atoms with Crippen molar-refractivity contribution in [2.75, 3.05) is 33.9 Å². The van der Waals surface area contributed by atoms with Crippen molar-refractivity contribution < 1.29 is 28.5 Å². The molecule has 3 aromatic rings. The number of amides is 2. The van der Waals surface area contributed by atoms with Crippen molar-refractivity contribution in [1.82, 2.24) is 10.2 Å². The molecule has 0 aromatic heterocycles. The maximum absolute atomic E-state index is 14.0. The highest BCUT2D eigenvalue weighted by Crippen LogP contribution is 2.45. The first-order valence-electron chi connectivity index (χ1n) is 15.0. The summed E-state index contributed by atoms with van der Waals surface area (Å²) in [5, 5.41) is 2.98. The number of nitrogens with two attached hydrogens (primary N) is 1. The Hall–Kier alpha value is -4.24. The fourth-order valence-electron chi connectivity index (χ4n) is 6.20. The number of carbonyl (C=O) groups excluding carboxylic acids is 2. The molecule has 1 unspecified atom stereocenters. The van der Waals surface area contributed by atoms with E-state index in [1.54, 1.807) is 14.2 Å². The summed E-state index contributed by atoms with van der Waals surface area (Å²) in [6.07, 6.45) is 4.59. The fourth-order valence-corrected chi connectivity index (χ4v) is 6.20. The molecule has 3 aliphatic heterocycles. The zero-order chi connectivity index (χ0) is 30.0. The molecule has 3 N–H and O–H groups in total. The number of ether oxygens (including phenoxy) is 4. The largest absolute Gasteiger partial charge is 0.493 e. The summed E-state index contributed by atoms with van der Waals surface area (Å²) >= 11 is 0. The number of hydrogen-bond donors (Lipinski definition) is 2. The molecule has 8 bridgehead atoms. The van der Waals surface area contributed by atoms with Gasteiger partial charge in [0, 0.05) is 19.5 Å². The lowest BCUT2D eigenvalue weighted by atomic mass is 9.75. The van der Waals surface area contributed by atoms with Crippen molar-refractivity contribution in [3.63, 3.8) is 0 Å². The number of rotatable bonds is 3. The zero-order valence-corrected chi connectivity index (χ0v) is 24.8. The lowest BCUT2D eigenvalue weighted by molar-refractivity contribution is -0.142. The van der Waals surface area contributed by atoms with E-state index in [0.29, 0.717) is 87.0 Å². The molecule has 43 heavy (non-hydrogen) atoms. The van der Waals surface area contributed by atoms with Gasteiger partial charge in [0.15, 0.2) is 23.0 Å². The van der Waals surface area contributed by atoms with Crippen molar-refractivity contribution >= 4 is 11.8 Å². The van der Waals surface area contributed by atoms with Crippen molar-refractivity contribution in [2.45, 2.75) is 56.5 Å². The van der Waals surface area contributed by atoms with Crippen LogP contribution < -0.4 is 30.0 Å². The van der Waals surface area contributed by atoms with Crippen LogP contribution >= 0.6 is 0 Å². The average Bonchev–Trinajstić information content (AvgIpc) is 3.01. The van der Waals surface area contributed by atoms with Crippen molar-refractivity contribution in [2.24, 2.45) is 5.73 Å². The quantitative estimate of drug-likeness (QED) is 0.459. The number of aryl methyl sites for hydroxylation is 1. The van der Waals surface area contributed by atoms with E-state index in [2.05, 4.69) is 5.32 Å². The predicted octanol–water partition coefficient (Wildman–Crippen LogP) is 4.68. The van der Waals surface area contributed by atoms with Crippen molar-refractivity contribution in [1.29, 1.82) is 0 Å². The van der Waals surface area contributed by atoms with Crippen LogP contribution in [-0.4, -0.2) is 56.2 Å². The van der Waals surface area contributed by atoms with E-state index in [1.807, 2.05) is 59.5 Å². The minimum Gasteiger partial charge on any atom is -0.493 e. The first-order chi connectivity index (χ1) is 20.9. The first kappa shape index (κ1) is 28.9. The van der Waals surface area contributed by atoms with Crippen LogP contribution in [0.15, 0.2) is 54.6 Å². The van der Waals surface area contributed by atoms with Crippen LogP contribution in [-0.2, 0) is 22.4 Å². The predicted molar refractivity (Wildman–Crippen MR) is 162 cm³/mol. The number of carbonyl (C=O) groups is 2. The van der Waals surface area contributed by atoms with Gasteiger partial charge in [-0.05, 0) is 97.2 Å². The van der Waals surface area contributed by atoms with E-state index in [9.17, 15) is 9.59 Å². The van der Waals surface area contributed by atoms with E-state index in [0.717, 1.165) is 28.7 Å². The summed E-state index contributed by atoms with van der Waals surface area (Å²) in [5.74, 6) is 2.96. The molecular weight excluding hydrogens is 546 g/mol. The van der Waals surface area contributed by atoms with Crippen LogP contribution in [0.2, 0.25) is 0 Å². The van der Waals surface area contributed by atoms with Gasteiger partial charge in [-0.1, -0.05) is 18.2 Å². The summed E-state index contributed by atoms with van der Waals surface area (Å²) in [6, 6.07) is 17.2. The Morgan fingerprint density at radius 2 is 1.81 bits per heavy atom. The maximum atomic E-state index is 14.0. The molecule has 1 aliphatic carbocycles. The van der Waals surface area contributed by atoms with Crippen LogP contribution in [0.4, 0.5) is 0 Å². The van der Waals surface area contributed by atoms with Gasteiger partial charge in [0.1, 0.15) is 5.75 Å². The average molecular weight is 586 g/mol. The molecule has 2 amide bonds. The number of hydrogen-bond acceptors (Lipinski definition) is 7.